The van der Waals surface area contributed by atoms with E-state index in [1.165, 1.54) is 42.5 Å². The Kier molecular flexibility index (Phi) is 8.49. The Bertz CT molecular complexity index is 1990. The summed E-state index contributed by atoms with van der Waals surface area (Å²) in [6, 6.07) is 15.4. The number of alkyl halides is 2. The third kappa shape index (κ3) is 6.45. The fourth-order valence-corrected chi connectivity index (χ4v) is 4.99. The quantitative estimate of drug-likeness (QED) is 0.177. The molecule has 0 amide bonds. The highest BCUT2D eigenvalue weighted by Gasteiger charge is 2.24. The van der Waals surface area contributed by atoms with E-state index in [4.69, 9.17) is 14.7 Å². The Balaban J connectivity index is 1.25. The standard InChI is InChI=1S/C32H23F4N5O5/c33-23-13-22(25-2-1-3-29(40-25)45-16-18-4-6-20(14-37)38-30(18)46-32(35)36)24(34)10-19(23)12-28-39-26-7-5-17(31(42)43)11-27(26)41(28)15-21-8-9-44-21/h1-7,10-11,13,21,32H,8-9,12,15-16H2,(H,42,43). The van der Waals surface area contributed by atoms with Crippen LogP contribution in [0.2, 0.25) is 0 Å². The molecule has 2 aromatic carbocycles. The van der Waals surface area contributed by atoms with E-state index in [0.717, 1.165) is 18.6 Å². The molecule has 3 aromatic heterocycles. The van der Waals surface area contributed by atoms with Crippen LogP contribution in [0, 0.1) is 23.0 Å². The number of nitriles is 1. The van der Waals surface area contributed by atoms with Crippen LogP contribution in [0.4, 0.5) is 17.6 Å². The molecule has 4 heterocycles. The lowest BCUT2D eigenvalue weighted by Crippen LogP contribution is -2.31. The van der Waals surface area contributed by atoms with E-state index >= 15 is 8.78 Å². The summed E-state index contributed by atoms with van der Waals surface area (Å²) in [5, 5.41) is 18.5. The van der Waals surface area contributed by atoms with Crippen LogP contribution >= 0.6 is 0 Å². The maximum atomic E-state index is 15.5. The van der Waals surface area contributed by atoms with Crippen molar-refractivity contribution in [3.63, 3.8) is 0 Å². The third-order valence-electron chi connectivity index (χ3n) is 7.37. The first-order chi connectivity index (χ1) is 22.2. The summed E-state index contributed by atoms with van der Waals surface area (Å²) in [5.74, 6) is -2.65. The van der Waals surface area contributed by atoms with Crippen molar-refractivity contribution in [3.8, 4) is 29.1 Å². The molecule has 10 nitrogen and oxygen atoms in total. The van der Waals surface area contributed by atoms with E-state index in [9.17, 15) is 18.7 Å². The maximum Gasteiger partial charge on any atom is 0.388 e. The first-order valence-electron chi connectivity index (χ1n) is 14.0. The summed E-state index contributed by atoms with van der Waals surface area (Å²) in [6.07, 6.45) is 0.622. The van der Waals surface area contributed by atoms with E-state index < -0.39 is 30.1 Å². The Labute approximate surface area is 258 Å². The Morgan fingerprint density at radius 3 is 2.61 bits per heavy atom. The molecule has 1 saturated heterocycles. The van der Waals surface area contributed by atoms with Crippen LogP contribution in [0.15, 0.2) is 60.7 Å². The van der Waals surface area contributed by atoms with Gasteiger partial charge in [0.1, 0.15) is 35.8 Å². The van der Waals surface area contributed by atoms with Crippen LogP contribution in [0.3, 0.4) is 0 Å². The zero-order chi connectivity index (χ0) is 32.4. The van der Waals surface area contributed by atoms with Crippen LogP contribution in [-0.2, 0) is 24.3 Å². The normalized spacial score (nSPS) is 14.2. The van der Waals surface area contributed by atoms with Crippen molar-refractivity contribution in [2.24, 2.45) is 0 Å². The second kappa shape index (κ2) is 12.8. The maximum absolute atomic E-state index is 15.5. The number of hydrogen-bond acceptors (Lipinski definition) is 8. The Morgan fingerprint density at radius 2 is 1.89 bits per heavy atom. The van der Waals surface area contributed by atoms with Crippen molar-refractivity contribution < 1.29 is 41.7 Å². The van der Waals surface area contributed by atoms with Gasteiger partial charge in [0, 0.05) is 24.7 Å². The molecule has 1 atom stereocenters. The smallest absolute Gasteiger partial charge is 0.388 e. The molecule has 6 rings (SSSR count). The molecule has 1 aliphatic heterocycles. The average Bonchev–Trinajstić information content (AvgIpc) is 3.35. The fourth-order valence-electron chi connectivity index (χ4n) is 4.99. The lowest BCUT2D eigenvalue weighted by atomic mass is 10.0. The molecule has 0 saturated carbocycles. The van der Waals surface area contributed by atoms with Crippen LogP contribution < -0.4 is 9.47 Å². The lowest BCUT2D eigenvalue weighted by Gasteiger charge is -2.27. The largest absolute Gasteiger partial charge is 0.478 e. The number of rotatable bonds is 11. The third-order valence-corrected chi connectivity index (χ3v) is 7.37. The van der Waals surface area contributed by atoms with Crippen molar-refractivity contribution in [3.05, 3.63) is 101 Å². The average molecular weight is 634 g/mol. The van der Waals surface area contributed by atoms with E-state index in [-0.39, 0.29) is 58.7 Å². The number of carbonyl (C=O) groups is 1. The molecule has 0 aliphatic carbocycles. The summed E-state index contributed by atoms with van der Waals surface area (Å²) in [5.41, 5.74) is 1.06. The molecule has 1 fully saturated rings. The van der Waals surface area contributed by atoms with Crippen LogP contribution in [-0.4, -0.2) is 49.9 Å². The van der Waals surface area contributed by atoms with Gasteiger partial charge in [-0.3, -0.25) is 0 Å². The highest BCUT2D eigenvalue weighted by molar-refractivity contribution is 5.92. The first kappa shape index (κ1) is 30.5. The minimum Gasteiger partial charge on any atom is -0.478 e. The van der Waals surface area contributed by atoms with Crippen molar-refractivity contribution in [1.82, 2.24) is 19.5 Å². The van der Waals surface area contributed by atoms with Gasteiger partial charge >= 0.3 is 12.6 Å². The van der Waals surface area contributed by atoms with Gasteiger partial charge in [0.05, 0.1) is 40.5 Å². The van der Waals surface area contributed by atoms with Gasteiger partial charge < -0.3 is 23.9 Å². The topological polar surface area (TPSA) is 132 Å². The summed E-state index contributed by atoms with van der Waals surface area (Å²) in [6.45, 7) is -2.51. The van der Waals surface area contributed by atoms with Crippen LogP contribution in [0.1, 0.15) is 39.4 Å². The van der Waals surface area contributed by atoms with Gasteiger partial charge in [-0.05, 0) is 60.5 Å². The first-order valence-corrected chi connectivity index (χ1v) is 14.0. The summed E-state index contributed by atoms with van der Waals surface area (Å²) in [4.78, 5) is 24.1. The predicted molar refractivity (Wildman–Crippen MR) is 153 cm³/mol. The van der Waals surface area contributed by atoms with Gasteiger partial charge in [-0.1, -0.05) is 6.07 Å². The van der Waals surface area contributed by atoms with E-state index in [1.54, 1.807) is 16.7 Å². The summed E-state index contributed by atoms with van der Waals surface area (Å²) >= 11 is 0. The number of hydrogen-bond donors (Lipinski definition) is 1. The summed E-state index contributed by atoms with van der Waals surface area (Å²) in [7, 11) is 0. The number of nitrogens with zero attached hydrogens (tertiary/aromatic N) is 5. The second-order valence-electron chi connectivity index (χ2n) is 10.3. The number of pyridine rings is 2. The van der Waals surface area contributed by atoms with Crippen molar-refractivity contribution >= 4 is 17.0 Å². The van der Waals surface area contributed by atoms with Crippen LogP contribution in [0.25, 0.3) is 22.3 Å². The van der Waals surface area contributed by atoms with Gasteiger partial charge in [0.25, 0.3) is 0 Å². The molecule has 0 radical (unpaired) electrons. The zero-order valence-electron chi connectivity index (χ0n) is 23.8. The lowest BCUT2D eigenvalue weighted by molar-refractivity contribution is -0.0590. The van der Waals surface area contributed by atoms with Gasteiger partial charge in [0.15, 0.2) is 0 Å². The fraction of sp³-hybridized carbons (Fsp3) is 0.219. The minimum absolute atomic E-state index is 0.0126. The molecule has 234 valence electrons. The molecule has 1 aliphatic rings. The highest BCUT2D eigenvalue weighted by Crippen LogP contribution is 2.29. The zero-order valence-corrected chi connectivity index (χ0v) is 23.8. The van der Waals surface area contributed by atoms with Gasteiger partial charge in [-0.2, -0.15) is 14.0 Å². The highest BCUT2D eigenvalue weighted by atomic mass is 19.3. The van der Waals surface area contributed by atoms with Gasteiger partial charge in [0.2, 0.25) is 11.8 Å². The molecule has 46 heavy (non-hydrogen) atoms. The van der Waals surface area contributed by atoms with E-state index in [2.05, 4.69) is 19.7 Å². The van der Waals surface area contributed by atoms with Gasteiger partial charge in [-0.25, -0.2) is 28.5 Å². The SMILES string of the molecule is N#Cc1ccc(COc2cccc(-c3cc(F)c(Cc4nc5ccc(C(=O)O)cc5n4CC4CCO4)cc3F)n2)c(OC(F)F)n1. The van der Waals surface area contributed by atoms with E-state index in [0.29, 0.717) is 30.0 Å². The number of benzene rings is 2. The molecule has 14 heteroatoms. The number of imidazole rings is 1. The molecule has 1 unspecified atom stereocenters. The number of fused-ring (bicyclic) bond motifs is 1. The van der Waals surface area contributed by atoms with Crippen molar-refractivity contribution in [2.75, 3.05) is 6.61 Å². The Morgan fingerprint density at radius 1 is 1.07 bits per heavy atom. The van der Waals surface area contributed by atoms with Crippen molar-refractivity contribution in [2.45, 2.75) is 38.7 Å². The summed E-state index contributed by atoms with van der Waals surface area (Å²) < 4.78 is 74.0. The molecule has 0 spiro atoms. The van der Waals surface area contributed by atoms with Crippen molar-refractivity contribution in [1.29, 1.82) is 5.26 Å². The number of aromatic nitrogens is 4. The molecule has 0 bridgehead atoms. The number of ether oxygens (including phenoxy) is 3. The number of carboxylic acids is 1. The number of aromatic carboxylic acids is 1. The molecular weight excluding hydrogens is 610 g/mol. The molecular formula is C32H23F4N5O5. The molecule has 1 N–H and O–H groups in total. The number of carboxylic acid groups (broad SMARTS) is 1. The van der Waals surface area contributed by atoms with E-state index in [1.807, 2.05) is 0 Å². The number of halogens is 4. The second-order valence-corrected chi connectivity index (χ2v) is 10.3. The van der Waals surface area contributed by atoms with Crippen LogP contribution in [0.5, 0.6) is 11.8 Å². The van der Waals surface area contributed by atoms with Gasteiger partial charge in [-0.15, -0.1) is 0 Å². The predicted octanol–water partition coefficient (Wildman–Crippen LogP) is 5.90. The molecule has 5 aromatic rings. The monoisotopic (exact) mass is 633 g/mol. The Hall–Kier alpha value is -5.55. The minimum atomic E-state index is -3.18.